The first-order valence-electron chi connectivity index (χ1n) is 10.4. The van der Waals surface area contributed by atoms with Gasteiger partial charge in [-0.1, -0.05) is 29.8 Å². The Hall–Kier alpha value is -2.67. The van der Waals surface area contributed by atoms with Gasteiger partial charge in [-0.3, -0.25) is 14.6 Å². The Bertz CT molecular complexity index is 991. The van der Waals surface area contributed by atoms with Gasteiger partial charge in [-0.25, -0.2) is 0 Å². The molecule has 0 bridgehead atoms. The van der Waals surface area contributed by atoms with E-state index in [4.69, 9.17) is 9.84 Å². The molecule has 0 saturated carbocycles. The molecule has 6 heteroatoms. The number of phenols is 1. The molecule has 0 unspecified atom stereocenters. The highest BCUT2D eigenvalue weighted by Gasteiger charge is 2.34. The molecule has 2 aliphatic rings. The lowest BCUT2D eigenvalue weighted by Gasteiger charge is -2.34. The molecule has 0 spiro atoms. The van der Waals surface area contributed by atoms with Crippen LogP contribution in [0.25, 0.3) is 6.08 Å². The van der Waals surface area contributed by atoms with Crippen molar-refractivity contribution in [3.8, 4) is 11.5 Å². The minimum absolute atomic E-state index is 0.141. The Morgan fingerprint density at radius 3 is 2.53 bits per heavy atom. The number of aliphatic hydroxyl groups excluding tert-OH is 1. The van der Waals surface area contributed by atoms with Crippen LogP contribution in [-0.2, 0) is 6.54 Å². The number of hydrogen-bond donors (Lipinski definition) is 2. The van der Waals surface area contributed by atoms with E-state index in [9.17, 15) is 9.90 Å². The van der Waals surface area contributed by atoms with Gasteiger partial charge in [0.25, 0.3) is 0 Å². The Morgan fingerprint density at radius 2 is 1.83 bits per heavy atom. The number of carbonyl (C=O) groups excluding carboxylic acids is 1. The molecule has 30 heavy (non-hydrogen) atoms. The third kappa shape index (κ3) is 4.12. The van der Waals surface area contributed by atoms with E-state index >= 15 is 0 Å². The van der Waals surface area contributed by atoms with Crippen LogP contribution in [0.1, 0.15) is 32.6 Å². The van der Waals surface area contributed by atoms with Crippen molar-refractivity contribution in [3.63, 3.8) is 0 Å². The number of Topliss-reactive ketones (excluding diaryl/α,β-unsaturated/α-hetero) is 1. The zero-order chi connectivity index (χ0) is 21.3. The molecule has 6 nitrogen and oxygen atoms in total. The molecule has 0 aromatic heterocycles. The van der Waals surface area contributed by atoms with Crippen molar-refractivity contribution < 1.29 is 19.7 Å². The van der Waals surface area contributed by atoms with Crippen LogP contribution in [0.15, 0.2) is 36.1 Å². The van der Waals surface area contributed by atoms with Gasteiger partial charge in [0.05, 0.1) is 17.7 Å². The number of β-amino-alcohol motifs (C(OH)–C–C–N with tert-alkyl or cyclic N) is 1. The summed E-state index contributed by atoms with van der Waals surface area (Å²) in [5.41, 5.74) is 3.95. The minimum Gasteiger partial charge on any atom is -0.507 e. The van der Waals surface area contributed by atoms with Gasteiger partial charge < -0.3 is 14.9 Å². The molecule has 2 aromatic carbocycles. The molecule has 1 saturated heterocycles. The molecule has 158 valence electrons. The second-order valence-corrected chi connectivity index (χ2v) is 8.09. The average molecular weight is 408 g/mol. The first-order chi connectivity index (χ1) is 14.5. The third-order valence-electron chi connectivity index (χ3n) is 5.82. The fraction of sp³-hybridized carbons (Fsp3) is 0.375. The predicted octanol–water partition coefficient (Wildman–Crippen LogP) is 2.74. The smallest absolute Gasteiger partial charge is 0.232 e. The predicted molar refractivity (Wildman–Crippen MR) is 116 cm³/mol. The fourth-order valence-corrected chi connectivity index (χ4v) is 4.18. The van der Waals surface area contributed by atoms with Crippen molar-refractivity contribution in [1.82, 2.24) is 9.80 Å². The second-order valence-electron chi connectivity index (χ2n) is 8.09. The first-order valence-corrected chi connectivity index (χ1v) is 10.4. The van der Waals surface area contributed by atoms with E-state index < -0.39 is 0 Å². The highest BCUT2D eigenvalue weighted by molar-refractivity contribution is 6.15. The number of aryl methyl sites for hydroxylation is 2. The maximum absolute atomic E-state index is 13.1. The van der Waals surface area contributed by atoms with E-state index in [0.29, 0.717) is 35.7 Å². The van der Waals surface area contributed by atoms with Crippen molar-refractivity contribution in [2.24, 2.45) is 0 Å². The second kappa shape index (κ2) is 8.60. The largest absolute Gasteiger partial charge is 0.507 e. The van der Waals surface area contributed by atoms with Gasteiger partial charge in [-0.05, 0) is 37.1 Å². The molecule has 2 heterocycles. The van der Waals surface area contributed by atoms with Gasteiger partial charge in [0, 0.05) is 39.3 Å². The number of benzene rings is 2. The molecule has 0 amide bonds. The molecule has 0 aliphatic carbocycles. The summed E-state index contributed by atoms with van der Waals surface area (Å²) < 4.78 is 6.04. The summed E-state index contributed by atoms with van der Waals surface area (Å²) in [6.45, 7) is 8.61. The minimum atomic E-state index is -0.141. The van der Waals surface area contributed by atoms with Crippen LogP contribution in [0, 0.1) is 13.8 Å². The van der Waals surface area contributed by atoms with E-state index in [-0.39, 0.29) is 18.1 Å². The lowest BCUT2D eigenvalue weighted by Crippen LogP contribution is -2.46. The number of hydrogen-bond acceptors (Lipinski definition) is 6. The van der Waals surface area contributed by atoms with Crippen LogP contribution >= 0.6 is 0 Å². The van der Waals surface area contributed by atoms with Crippen molar-refractivity contribution in [3.05, 3.63) is 63.9 Å². The monoisotopic (exact) mass is 408 g/mol. The van der Waals surface area contributed by atoms with Crippen molar-refractivity contribution in [2.75, 3.05) is 39.3 Å². The average Bonchev–Trinajstić information content (AvgIpc) is 3.03. The summed E-state index contributed by atoms with van der Waals surface area (Å²) in [6.07, 6.45) is 1.77. The van der Waals surface area contributed by atoms with E-state index in [1.54, 1.807) is 12.1 Å². The summed E-state index contributed by atoms with van der Waals surface area (Å²) in [6, 6.07) is 9.56. The lowest BCUT2D eigenvalue weighted by molar-refractivity contribution is 0.101. The lowest BCUT2D eigenvalue weighted by atomic mass is 9.99. The molecule has 1 fully saturated rings. The highest BCUT2D eigenvalue weighted by Crippen LogP contribution is 2.42. The van der Waals surface area contributed by atoms with Crippen LogP contribution in [0.4, 0.5) is 0 Å². The maximum atomic E-state index is 13.1. The maximum Gasteiger partial charge on any atom is 0.232 e. The van der Waals surface area contributed by atoms with Gasteiger partial charge in [0.15, 0.2) is 5.76 Å². The number of ketones is 1. The molecule has 0 radical (unpaired) electrons. The molecule has 2 aliphatic heterocycles. The topological polar surface area (TPSA) is 73.2 Å². The van der Waals surface area contributed by atoms with Gasteiger partial charge >= 0.3 is 0 Å². The van der Waals surface area contributed by atoms with Crippen LogP contribution in [-0.4, -0.2) is 65.1 Å². The molecule has 2 N–H and O–H groups in total. The number of aromatic hydroxyl groups is 1. The molecule has 0 atom stereocenters. The third-order valence-corrected chi connectivity index (χ3v) is 5.82. The number of ether oxygens (including phenoxy) is 1. The van der Waals surface area contributed by atoms with Crippen LogP contribution in [0.3, 0.4) is 0 Å². The number of aliphatic hydroxyl groups is 1. The molecule has 4 rings (SSSR count). The van der Waals surface area contributed by atoms with Crippen LogP contribution in [0.5, 0.6) is 11.5 Å². The zero-order valence-corrected chi connectivity index (χ0v) is 17.5. The van der Waals surface area contributed by atoms with Gasteiger partial charge in [0.1, 0.15) is 11.5 Å². The van der Waals surface area contributed by atoms with E-state index in [2.05, 4.69) is 9.80 Å². The van der Waals surface area contributed by atoms with Crippen LogP contribution in [0.2, 0.25) is 0 Å². The summed E-state index contributed by atoms with van der Waals surface area (Å²) in [4.78, 5) is 17.5. The fourth-order valence-electron chi connectivity index (χ4n) is 4.18. The van der Waals surface area contributed by atoms with Gasteiger partial charge in [-0.15, -0.1) is 0 Å². The standard InChI is InChI=1S/C24H28N2O4/c1-16-4-3-5-18(12-16)14-21-23(29)22-17(2)13-20(28)19(24(22)30-21)15-26-8-6-25(7-9-26)10-11-27/h3-5,12-14,27-28H,6-11,15H2,1-2H3/b21-14-. The number of carbonyl (C=O) groups is 1. The summed E-state index contributed by atoms with van der Waals surface area (Å²) in [7, 11) is 0. The van der Waals surface area contributed by atoms with E-state index in [1.807, 2.05) is 38.1 Å². The van der Waals surface area contributed by atoms with Crippen LogP contribution < -0.4 is 4.74 Å². The van der Waals surface area contributed by atoms with E-state index in [1.165, 1.54) is 0 Å². The Labute approximate surface area is 177 Å². The normalized spacial score (nSPS) is 18.6. The number of nitrogens with zero attached hydrogens (tertiary/aromatic N) is 2. The molecule has 2 aromatic rings. The van der Waals surface area contributed by atoms with Crippen molar-refractivity contribution >= 4 is 11.9 Å². The Balaban J connectivity index is 1.60. The Kier molecular flexibility index (Phi) is 5.90. The molecular formula is C24H28N2O4. The van der Waals surface area contributed by atoms with Gasteiger partial charge in [0.2, 0.25) is 5.78 Å². The number of piperazine rings is 1. The number of allylic oxidation sites excluding steroid dienone is 1. The summed E-state index contributed by atoms with van der Waals surface area (Å²) >= 11 is 0. The summed E-state index contributed by atoms with van der Waals surface area (Å²) in [5.74, 6) is 0.791. The highest BCUT2D eigenvalue weighted by atomic mass is 16.5. The number of phenolic OH excluding ortho intramolecular Hbond substituents is 1. The SMILES string of the molecule is Cc1cccc(/C=C2\Oc3c(CN4CCN(CCO)CC4)c(O)cc(C)c3C2=O)c1. The number of fused-ring (bicyclic) bond motifs is 1. The van der Waals surface area contributed by atoms with Crippen molar-refractivity contribution in [2.45, 2.75) is 20.4 Å². The van der Waals surface area contributed by atoms with Crippen molar-refractivity contribution in [1.29, 1.82) is 0 Å². The first kappa shape index (κ1) is 20.6. The molecular weight excluding hydrogens is 380 g/mol. The zero-order valence-electron chi connectivity index (χ0n) is 17.5. The number of rotatable bonds is 5. The summed E-state index contributed by atoms with van der Waals surface area (Å²) in [5, 5.41) is 19.8. The van der Waals surface area contributed by atoms with E-state index in [0.717, 1.165) is 42.9 Å². The Morgan fingerprint density at radius 1 is 1.10 bits per heavy atom. The quantitative estimate of drug-likeness (QED) is 0.742. The van der Waals surface area contributed by atoms with Gasteiger partial charge in [-0.2, -0.15) is 0 Å².